The van der Waals surface area contributed by atoms with Crippen molar-refractivity contribution < 1.29 is 14.5 Å². The minimum atomic E-state index is -0.480. The van der Waals surface area contributed by atoms with E-state index in [9.17, 15) is 14.9 Å². The van der Waals surface area contributed by atoms with Gasteiger partial charge in [0.2, 0.25) is 0 Å². The molecule has 0 unspecified atom stereocenters. The molecule has 0 heterocycles. The van der Waals surface area contributed by atoms with Crippen molar-refractivity contribution in [2.45, 2.75) is 26.2 Å². The van der Waals surface area contributed by atoms with Crippen LogP contribution in [0, 0.1) is 10.1 Å². The summed E-state index contributed by atoms with van der Waals surface area (Å²) in [5.74, 6) is 0.291. The van der Waals surface area contributed by atoms with Crippen molar-refractivity contribution in [3.8, 4) is 5.75 Å². The summed E-state index contributed by atoms with van der Waals surface area (Å²) in [5.41, 5.74) is 1.77. The predicted octanol–water partition coefficient (Wildman–Crippen LogP) is 4.15. The average Bonchev–Trinajstić information content (AvgIpc) is 2.52. The molecule has 5 heteroatoms. The maximum Gasteiger partial charge on any atom is 0.269 e. The van der Waals surface area contributed by atoms with Crippen LogP contribution in [0.5, 0.6) is 5.75 Å². The van der Waals surface area contributed by atoms with Crippen LogP contribution in [0.2, 0.25) is 0 Å². The molecule has 0 fully saturated rings. The molecule has 0 aliphatic heterocycles. The standard InChI is InChI=1S/C18H19NO4/c1-18(2,3)14-6-4-13(5-7-14)17(20)12-23-16-10-8-15(9-11-16)19(21)22/h4-11H,12H2,1-3H3. The summed E-state index contributed by atoms with van der Waals surface area (Å²) >= 11 is 0. The summed E-state index contributed by atoms with van der Waals surface area (Å²) in [7, 11) is 0. The van der Waals surface area contributed by atoms with E-state index in [1.165, 1.54) is 24.3 Å². The molecule has 120 valence electrons. The lowest BCUT2D eigenvalue weighted by Crippen LogP contribution is -2.14. The zero-order valence-corrected chi connectivity index (χ0v) is 13.4. The van der Waals surface area contributed by atoms with Gasteiger partial charge in [-0.3, -0.25) is 14.9 Å². The number of rotatable bonds is 5. The Balaban J connectivity index is 1.98. The zero-order chi connectivity index (χ0) is 17.0. The first-order valence-electron chi connectivity index (χ1n) is 7.28. The third-order valence-electron chi connectivity index (χ3n) is 3.49. The number of nitrogens with zero attached hydrogens (tertiary/aromatic N) is 1. The topological polar surface area (TPSA) is 69.4 Å². The van der Waals surface area contributed by atoms with Gasteiger partial charge in [0, 0.05) is 17.7 Å². The smallest absolute Gasteiger partial charge is 0.269 e. The minimum absolute atomic E-state index is 0.0126. The first-order chi connectivity index (χ1) is 10.8. The molecule has 2 aromatic rings. The molecular weight excluding hydrogens is 294 g/mol. The SMILES string of the molecule is CC(C)(C)c1ccc(C(=O)COc2ccc([N+](=O)[O-])cc2)cc1. The Labute approximate surface area is 135 Å². The molecule has 0 aliphatic carbocycles. The molecule has 2 rings (SSSR count). The summed E-state index contributed by atoms with van der Waals surface area (Å²) in [4.78, 5) is 22.2. The molecule has 0 radical (unpaired) electrons. The van der Waals surface area contributed by atoms with Crippen LogP contribution in [0.3, 0.4) is 0 Å². The largest absolute Gasteiger partial charge is 0.485 e. The number of nitro benzene ring substituents is 1. The average molecular weight is 313 g/mol. The minimum Gasteiger partial charge on any atom is -0.485 e. The monoisotopic (exact) mass is 313 g/mol. The molecule has 5 nitrogen and oxygen atoms in total. The van der Waals surface area contributed by atoms with Crippen LogP contribution in [-0.4, -0.2) is 17.3 Å². The van der Waals surface area contributed by atoms with E-state index in [-0.39, 0.29) is 23.5 Å². The lowest BCUT2D eigenvalue weighted by atomic mass is 9.86. The van der Waals surface area contributed by atoms with E-state index in [2.05, 4.69) is 20.8 Å². The van der Waals surface area contributed by atoms with Gasteiger partial charge >= 0.3 is 0 Å². The number of carbonyl (C=O) groups excluding carboxylic acids is 1. The summed E-state index contributed by atoms with van der Waals surface area (Å²) in [6.07, 6.45) is 0. The summed E-state index contributed by atoms with van der Waals surface area (Å²) < 4.78 is 5.38. The number of hydrogen-bond acceptors (Lipinski definition) is 4. The van der Waals surface area contributed by atoms with Gasteiger partial charge in [0.05, 0.1) is 4.92 Å². The third-order valence-corrected chi connectivity index (χ3v) is 3.49. The summed E-state index contributed by atoms with van der Waals surface area (Å²) in [5, 5.41) is 10.6. The lowest BCUT2D eigenvalue weighted by Gasteiger charge is -2.19. The summed E-state index contributed by atoms with van der Waals surface area (Å²) in [6, 6.07) is 13.1. The van der Waals surface area contributed by atoms with Crippen molar-refractivity contribution in [3.05, 3.63) is 69.8 Å². The van der Waals surface area contributed by atoms with E-state index in [1.807, 2.05) is 12.1 Å². The fourth-order valence-electron chi connectivity index (χ4n) is 2.05. The Kier molecular flexibility index (Phi) is 4.79. The number of benzene rings is 2. The third kappa shape index (κ3) is 4.39. The predicted molar refractivity (Wildman–Crippen MR) is 88.1 cm³/mol. The van der Waals surface area contributed by atoms with E-state index < -0.39 is 4.92 Å². The van der Waals surface area contributed by atoms with Crippen molar-refractivity contribution in [1.29, 1.82) is 0 Å². The van der Waals surface area contributed by atoms with Crippen LogP contribution in [0.1, 0.15) is 36.7 Å². The van der Waals surface area contributed by atoms with Gasteiger partial charge in [-0.1, -0.05) is 45.0 Å². The van der Waals surface area contributed by atoms with Crippen molar-refractivity contribution in [2.75, 3.05) is 6.61 Å². The number of ketones is 1. The number of non-ortho nitro benzene ring substituents is 1. The Hall–Kier alpha value is -2.69. The van der Waals surface area contributed by atoms with Gasteiger partial charge < -0.3 is 4.74 Å². The molecule has 0 atom stereocenters. The van der Waals surface area contributed by atoms with E-state index in [0.717, 1.165) is 5.56 Å². The van der Waals surface area contributed by atoms with Crippen LogP contribution < -0.4 is 4.74 Å². The zero-order valence-electron chi connectivity index (χ0n) is 13.4. The molecule has 0 amide bonds. The highest BCUT2D eigenvalue weighted by Gasteiger charge is 2.14. The Morgan fingerprint density at radius 1 is 1.04 bits per heavy atom. The van der Waals surface area contributed by atoms with Gasteiger partial charge in [0.25, 0.3) is 5.69 Å². The van der Waals surface area contributed by atoms with Gasteiger partial charge in [-0.25, -0.2) is 0 Å². The Morgan fingerprint density at radius 3 is 2.09 bits per heavy atom. The van der Waals surface area contributed by atoms with E-state index in [1.54, 1.807) is 12.1 Å². The number of Topliss-reactive ketones (excluding diaryl/α,β-unsaturated/α-hetero) is 1. The first kappa shape index (κ1) is 16.7. The quantitative estimate of drug-likeness (QED) is 0.472. The van der Waals surface area contributed by atoms with Gasteiger partial charge in [-0.2, -0.15) is 0 Å². The molecule has 0 saturated heterocycles. The highest BCUT2D eigenvalue weighted by Crippen LogP contribution is 2.22. The second kappa shape index (κ2) is 6.60. The molecular formula is C18H19NO4. The van der Waals surface area contributed by atoms with Gasteiger partial charge in [0.15, 0.2) is 12.4 Å². The van der Waals surface area contributed by atoms with Gasteiger partial charge in [-0.05, 0) is 23.1 Å². The molecule has 0 N–H and O–H groups in total. The number of hydrogen-bond donors (Lipinski definition) is 0. The molecule has 0 aliphatic rings. The maximum atomic E-state index is 12.1. The molecule has 0 saturated carbocycles. The summed E-state index contributed by atoms with van der Waals surface area (Å²) in [6.45, 7) is 6.23. The van der Waals surface area contributed by atoms with E-state index >= 15 is 0 Å². The number of ether oxygens (including phenoxy) is 1. The highest BCUT2D eigenvalue weighted by molar-refractivity contribution is 5.97. The fourth-order valence-corrected chi connectivity index (χ4v) is 2.05. The van der Waals surface area contributed by atoms with Crippen LogP contribution >= 0.6 is 0 Å². The first-order valence-corrected chi connectivity index (χ1v) is 7.28. The number of carbonyl (C=O) groups is 1. The van der Waals surface area contributed by atoms with Crippen LogP contribution in [-0.2, 0) is 5.41 Å². The van der Waals surface area contributed by atoms with Crippen molar-refractivity contribution in [1.82, 2.24) is 0 Å². The molecule has 23 heavy (non-hydrogen) atoms. The maximum absolute atomic E-state index is 12.1. The lowest BCUT2D eigenvalue weighted by molar-refractivity contribution is -0.384. The second-order valence-electron chi connectivity index (χ2n) is 6.29. The second-order valence-corrected chi connectivity index (χ2v) is 6.29. The van der Waals surface area contributed by atoms with Crippen molar-refractivity contribution in [2.24, 2.45) is 0 Å². The van der Waals surface area contributed by atoms with Crippen LogP contribution in [0.15, 0.2) is 48.5 Å². The Bertz CT molecular complexity index is 697. The Morgan fingerprint density at radius 2 is 1.61 bits per heavy atom. The van der Waals surface area contributed by atoms with Crippen molar-refractivity contribution >= 4 is 11.5 Å². The van der Waals surface area contributed by atoms with E-state index in [4.69, 9.17) is 4.74 Å². The molecule has 0 bridgehead atoms. The molecule has 0 spiro atoms. The van der Waals surface area contributed by atoms with Gasteiger partial charge in [-0.15, -0.1) is 0 Å². The molecule has 0 aromatic heterocycles. The van der Waals surface area contributed by atoms with E-state index in [0.29, 0.717) is 11.3 Å². The van der Waals surface area contributed by atoms with Crippen molar-refractivity contribution in [3.63, 3.8) is 0 Å². The number of nitro groups is 1. The van der Waals surface area contributed by atoms with Gasteiger partial charge in [0.1, 0.15) is 5.75 Å². The molecule has 2 aromatic carbocycles. The van der Waals surface area contributed by atoms with Crippen LogP contribution in [0.25, 0.3) is 0 Å². The highest BCUT2D eigenvalue weighted by atomic mass is 16.6. The normalized spacial score (nSPS) is 11.1. The fraction of sp³-hybridized carbons (Fsp3) is 0.278. The van der Waals surface area contributed by atoms with Crippen LogP contribution in [0.4, 0.5) is 5.69 Å².